The first-order valence-electron chi connectivity index (χ1n) is 8.11. The molecule has 2 aromatic heterocycles. The van der Waals surface area contributed by atoms with Gasteiger partial charge in [0, 0.05) is 11.6 Å². The number of ether oxygens (including phenoxy) is 3. The highest BCUT2D eigenvalue weighted by atomic mass is 32.1. The van der Waals surface area contributed by atoms with Crippen LogP contribution in [0, 0.1) is 0 Å². The zero-order valence-corrected chi connectivity index (χ0v) is 15.7. The topological polar surface area (TPSA) is 118 Å². The molecule has 2 N–H and O–H groups in total. The van der Waals surface area contributed by atoms with Crippen molar-refractivity contribution in [3.8, 4) is 0 Å². The van der Waals surface area contributed by atoms with E-state index >= 15 is 0 Å². The standard InChI is InChI=1S/C18H19NO7S/c1-3-23-17(21)14-12(15(27-16(14)19)18(22)24-4-2)10-26-13(20)8-7-11-6-5-9-25-11/h5-9H,3-4,10,19H2,1-2H3/b8-7+. The summed E-state index contributed by atoms with van der Waals surface area (Å²) < 4.78 is 20.2. The number of furan rings is 1. The third-order valence-corrected chi connectivity index (χ3v) is 4.30. The van der Waals surface area contributed by atoms with Crippen molar-refractivity contribution < 1.29 is 33.0 Å². The number of carbonyl (C=O) groups excluding carboxylic acids is 3. The molecule has 2 aromatic rings. The number of nitrogens with two attached hydrogens (primary N) is 1. The predicted molar refractivity (Wildman–Crippen MR) is 98.2 cm³/mol. The fourth-order valence-electron chi connectivity index (χ4n) is 2.14. The molecule has 2 rings (SSSR count). The maximum atomic E-state index is 12.2. The second-order valence-electron chi connectivity index (χ2n) is 5.05. The van der Waals surface area contributed by atoms with Crippen LogP contribution in [-0.2, 0) is 25.6 Å². The van der Waals surface area contributed by atoms with Gasteiger partial charge in [-0.25, -0.2) is 14.4 Å². The Hall–Kier alpha value is -3.07. The largest absolute Gasteiger partial charge is 0.465 e. The van der Waals surface area contributed by atoms with Crippen LogP contribution in [0.15, 0.2) is 28.9 Å². The summed E-state index contributed by atoms with van der Waals surface area (Å²) >= 11 is 0.884. The second-order valence-corrected chi connectivity index (χ2v) is 6.10. The van der Waals surface area contributed by atoms with E-state index < -0.39 is 17.9 Å². The van der Waals surface area contributed by atoms with E-state index in [4.69, 9.17) is 24.4 Å². The van der Waals surface area contributed by atoms with Crippen molar-refractivity contribution in [3.05, 3.63) is 46.2 Å². The molecule has 0 aliphatic heterocycles. The molecule has 8 nitrogen and oxygen atoms in total. The Morgan fingerprint density at radius 1 is 1.15 bits per heavy atom. The molecule has 0 unspecified atom stereocenters. The summed E-state index contributed by atoms with van der Waals surface area (Å²) in [7, 11) is 0. The Morgan fingerprint density at radius 3 is 2.48 bits per heavy atom. The molecule has 2 heterocycles. The number of esters is 3. The highest BCUT2D eigenvalue weighted by molar-refractivity contribution is 7.18. The zero-order valence-electron chi connectivity index (χ0n) is 14.9. The lowest BCUT2D eigenvalue weighted by molar-refractivity contribution is -0.138. The highest BCUT2D eigenvalue weighted by Gasteiger charge is 2.28. The normalized spacial score (nSPS) is 10.7. The Kier molecular flexibility index (Phi) is 7.18. The molecule has 0 aromatic carbocycles. The molecule has 0 atom stereocenters. The molecule has 0 radical (unpaired) electrons. The first-order chi connectivity index (χ1) is 13.0. The van der Waals surface area contributed by atoms with E-state index in [0.717, 1.165) is 11.3 Å². The van der Waals surface area contributed by atoms with Crippen molar-refractivity contribution in [1.29, 1.82) is 0 Å². The van der Waals surface area contributed by atoms with Gasteiger partial charge in [0.1, 0.15) is 27.8 Å². The van der Waals surface area contributed by atoms with Crippen LogP contribution >= 0.6 is 11.3 Å². The molecule has 0 saturated carbocycles. The van der Waals surface area contributed by atoms with E-state index in [1.165, 1.54) is 18.4 Å². The lowest BCUT2D eigenvalue weighted by atomic mass is 10.1. The van der Waals surface area contributed by atoms with Crippen LogP contribution in [0.3, 0.4) is 0 Å². The molecule has 0 bridgehead atoms. The van der Waals surface area contributed by atoms with Crippen LogP contribution in [0.2, 0.25) is 0 Å². The Morgan fingerprint density at radius 2 is 1.85 bits per heavy atom. The summed E-state index contributed by atoms with van der Waals surface area (Å²) in [6, 6.07) is 3.34. The smallest absolute Gasteiger partial charge is 0.348 e. The van der Waals surface area contributed by atoms with Gasteiger partial charge in [0.2, 0.25) is 0 Å². The number of carbonyl (C=O) groups is 3. The van der Waals surface area contributed by atoms with Crippen LogP contribution in [0.1, 0.15) is 45.2 Å². The van der Waals surface area contributed by atoms with Crippen LogP contribution in [0.25, 0.3) is 6.08 Å². The third kappa shape index (κ3) is 5.20. The van der Waals surface area contributed by atoms with E-state index in [-0.39, 0.29) is 40.8 Å². The Bertz CT molecular complexity index is 836. The van der Waals surface area contributed by atoms with E-state index in [9.17, 15) is 14.4 Å². The van der Waals surface area contributed by atoms with Gasteiger partial charge < -0.3 is 24.4 Å². The van der Waals surface area contributed by atoms with Crippen LogP contribution in [0.5, 0.6) is 0 Å². The average molecular weight is 393 g/mol. The molecular formula is C18H19NO7S. The minimum Gasteiger partial charge on any atom is -0.465 e. The summed E-state index contributed by atoms with van der Waals surface area (Å²) in [5.74, 6) is -1.55. The van der Waals surface area contributed by atoms with Crippen molar-refractivity contribution in [2.75, 3.05) is 18.9 Å². The van der Waals surface area contributed by atoms with E-state index in [1.807, 2.05) is 0 Å². The lowest BCUT2D eigenvalue weighted by Crippen LogP contribution is -2.13. The van der Waals surface area contributed by atoms with E-state index in [2.05, 4.69) is 0 Å². The van der Waals surface area contributed by atoms with E-state index in [1.54, 1.807) is 26.0 Å². The molecule has 0 fully saturated rings. The number of nitrogen functional groups attached to an aromatic ring is 1. The number of anilines is 1. The molecule has 0 spiro atoms. The van der Waals surface area contributed by atoms with Crippen LogP contribution < -0.4 is 5.73 Å². The molecule has 27 heavy (non-hydrogen) atoms. The summed E-state index contributed by atoms with van der Waals surface area (Å²) in [5.41, 5.74) is 6.05. The minimum atomic E-state index is -0.695. The summed E-state index contributed by atoms with van der Waals surface area (Å²) in [5, 5.41) is 0.0914. The molecule has 0 aliphatic carbocycles. The molecule has 0 aliphatic rings. The first-order valence-corrected chi connectivity index (χ1v) is 8.93. The molecule has 0 saturated heterocycles. The molecule has 9 heteroatoms. The maximum Gasteiger partial charge on any atom is 0.348 e. The van der Waals surface area contributed by atoms with E-state index in [0.29, 0.717) is 5.76 Å². The summed E-state index contributed by atoms with van der Waals surface area (Å²) in [6.45, 7) is 3.24. The molecule has 144 valence electrons. The number of hydrogen-bond donors (Lipinski definition) is 1. The molecule has 0 amide bonds. The van der Waals surface area contributed by atoms with Gasteiger partial charge in [-0.2, -0.15) is 0 Å². The fourth-order valence-corrected chi connectivity index (χ4v) is 3.09. The van der Waals surface area contributed by atoms with Crippen LogP contribution in [0.4, 0.5) is 5.00 Å². The highest BCUT2D eigenvalue weighted by Crippen LogP contribution is 2.33. The number of rotatable bonds is 8. The number of thiophene rings is 1. The third-order valence-electron chi connectivity index (χ3n) is 3.26. The van der Waals surface area contributed by atoms with Crippen molar-refractivity contribution in [1.82, 2.24) is 0 Å². The minimum absolute atomic E-state index is 0.00715. The van der Waals surface area contributed by atoms with Gasteiger partial charge in [-0.3, -0.25) is 0 Å². The summed E-state index contributed by atoms with van der Waals surface area (Å²) in [4.78, 5) is 36.4. The SMILES string of the molecule is CCOC(=O)c1sc(N)c(C(=O)OCC)c1COC(=O)/C=C/c1ccco1. The predicted octanol–water partition coefficient (Wildman–Crippen LogP) is 3.03. The Labute approximate surface area is 159 Å². The fraction of sp³-hybridized carbons (Fsp3) is 0.278. The van der Waals surface area contributed by atoms with Gasteiger partial charge in [0.25, 0.3) is 0 Å². The van der Waals surface area contributed by atoms with Gasteiger partial charge in [-0.15, -0.1) is 11.3 Å². The monoisotopic (exact) mass is 393 g/mol. The Balaban J connectivity index is 2.22. The second kappa shape index (κ2) is 9.58. The quantitative estimate of drug-likeness (QED) is 0.413. The molecular weight excluding hydrogens is 374 g/mol. The zero-order chi connectivity index (χ0) is 19.8. The van der Waals surface area contributed by atoms with Crippen molar-refractivity contribution >= 4 is 40.3 Å². The van der Waals surface area contributed by atoms with Gasteiger partial charge in [-0.05, 0) is 32.1 Å². The van der Waals surface area contributed by atoms with Crippen molar-refractivity contribution in [2.24, 2.45) is 0 Å². The van der Waals surface area contributed by atoms with Crippen LogP contribution in [-0.4, -0.2) is 31.1 Å². The lowest BCUT2D eigenvalue weighted by Gasteiger charge is -2.08. The first kappa shape index (κ1) is 20.2. The maximum absolute atomic E-state index is 12.2. The summed E-state index contributed by atoms with van der Waals surface area (Å²) in [6.07, 6.45) is 4.07. The van der Waals surface area contributed by atoms with Crippen molar-refractivity contribution in [2.45, 2.75) is 20.5 Å². The van der Waals surface area contributed by atoms with Gasteiger partial charge >= 0.3 is 17.9 Å². The van der Waals surface area contributed by atoms with Crippen molar-refractivity contribution in [3.63, 3.8) is 0 Å². The number of hydrogen-bond acceptors (Lipinski definition) is 9. The van der Waals surface area contributed by atoms with Gasteiger partial charge in [-0.1, -0.05) is 0 Å². The van der Waals surface area contributed by atoms with Gasteiger partial charge in [0.05, 0.1) is 19.5 Å². The van der Waals surface area contributed by atoms with Gasteiger partial charge in [0.15, 0.2) is 0 Å². The average Bonchev–Trinajstić information content (AvgIpc) is 3.26.